The molecule has 1 aliphatic heterocycles. The predicted molar refractivity (Wildman–Crippen MR) is 112 cm³/mol. The molecule has 1 saturated heterocycles. The molecular weight excluding hydrogens is 383 g/mol. The van der Waals surface area contributed by atoms with Gasteiger partial charge in [-0.2, -0.15) is 0 Å². The number of fused-ring (bicyclic) bond motifs is 1. The summed E-state index contributed by atoms with van der Waals surface area (Å²) in [7, 11) is 0.967. The van der Waals surface area contributed by atoms with Crippen molar-refractivity contribution in [2.45, 2.75) is 24.9 Å². The lowest BCUT2D eigenvalue weighted by atomic mass is 9.83. The zero-order chi connectivity index (χ0) is 20.9. The van der Waals surface area contributed by atoms with Gasteiger partial charge in [-0.1, -0.05) is 48.5 Å². The van der Waals surface area contributed by atoms with Crippen LogP contribution in [0.3, 0.4) is 0 Å². The van der Waals surface area contributed by atoms with E-state index in [0.717, 1.165) is 29.6 Å². The van der Waals surface area contributed by atoms with Gasteiger partial charge in [0, 0.05) is 24.3 Å². The molecule has 30 heavy (non-hydrogen) atoms. The zero-order valence-corrected chi connectivity index (χ0v) is 16.4. The Morgan fingerprint density at radius 1 is 1.20 bits per heavy atom. The lowest BCUT2D eigenvalue weighted by Crippen LogP contribution is -2.42. The lowest BCUT2D eigenvalue weighted by Gasteiger charge is -2.17. The number of carbonyl (C=O) groups is 2. The molecule has 2 aromatic carbocycles. The molecular formula is C22H22BN2O5. The Balaban J connectivity index is 1.29. The topological polar surface area (TPSA) is 92.0 Å². The maximum absolute atomic E-state index is 12.4. The SMILES string of the molecule is O=C(CCN1CC(c2ccccc2)OC1=O)NC([B]O)Cc1coc2ccccc12. The number of carbonyl (C=O) groups excluding carboxylic acids is 2. The second kappa shape index (κ2) is 9.05. The van der Waals surface area contributed by atoms with Crippen LogP contribution in [-0.2, 0) is 16.0 Å². The average Bonchev–Trinajstić information content (AvgIpc) is 3.36. The first-order valence-corrected chi connectivity index (χ1v) is 9.86. The molecule has 3 aromatic rings. The van der Waals surface area contributed by atoms with Gasteiger partial charge in [-0.05, 0) is 23.6 Å². The molecule has 153 valence electrons. The number of cyclic esters (lactones) is 1. The molecule has 0 aliphatic carbocycles. The van der Waals surface area contributed by atoms with Crippen LogP contribution in [0, 0.1) is 0 Å². The number of benzene rings is 2. The van der Waals surface area contributed by atoms with Crippen LogP contribution in [0.5, 0.6) is 0 Å². The molecule has 1 aliphatic rings. The Morgan fingerprint density at radius 2 is 1.97 bits per heavy atom. The minimum absolute atomic E-state index is 0.118. The van der Waals surface area contributed by atoms with E-state index in [1.165, 1.54) is 4.90 Å². The second-order valence-electron chi connectivity index (χ2n) is 7.26. The van der Waals surface area contributed by atoms with Gasteiger partial charge < -0.3 is 24.4 Å². The maximum Gasteiger partial charge on any atom is 0.410 e. The van der Waals surface area contributed by atoms with E-state index >= 15 is 0 Å². The Hall–Kier alpha value is -3.26. The second-order valence-corrected chi connectivity index (χ2v) is 7.26. The molecule has 2 amide bonds. The quantitative estimate of drug-likeness (QED) is 0.563. The third kappa shape index (κ3) is 4.49. The number of ether oxygens (including phenoxy) is 1. The summed E-state index contributed by atoms with van der Waals surface area (Å²) in [6, 6.07) is 17.1. The van der Waals surface area contributed by atoms with Gasteiger partial charge in [0.1, 0.15) is 11.7 Å². The predicted octanol–water partition coefficient (Wildman–Crippen LogP) is 2.61. The van der Waals surface area contributed by atoms with Gasteiger partial charge >= 0.3 is 13.6 Å². The van der Waals surface area contributed by atoms with Crippen molar-refractivity contribution < 1.29 is 23.8 Å². The first-order chi connectivity index (χ1) is 14.6. The third-order valence-electron chi connectivity index (χ3n) is 5.19. The summed E-state index contributed by atoms with van der Waals surface area (Å²) in [5, 5.41) is 13.3. The van der Waals surface area contributed by atoms with Crippen LogP contribution >= 0.6 is 0 Å². The Kier molecular flexibility index (Phi) is 6.04. The molecule has 2 heterocycles. The molecule has 8 heteroatoms. The minimum atomic E-state index is -0.555. The van der Waals surface area contributed by atoms with E-state index in [0.29, 0.717) is 13.0 Å². The summed E-state index contributed by atoms with van der Waals surface area (Å²) < 4.78 is 10.9. The van der Waals surface area contributed by atoms with Crippen LogP contribution in [0.15, 0.2) is 65.3 Å². The number of hydrogen-bond acceptors (Lipinski definition) is 5. The molecule has 2 atom stereocenters. The number of furan rings is 1. The summed E-state index contributed by atoms with van der Waals surface area (Å²) in [6.45, 7) is 0.660. The van der Waals surface area contributed by atoms with Crippen molar-refractivity contribution in [3.05, 3.63) is 72.0 Å². The van der Waals surface area contributed by atoms with E-state index < -0.39 is 12.0 Å². The molecule has 4 rings (SSSR count). The maximum atomic E-state index is 12.4. The van der Waals surface area contributed by atoms with Crippen molar-refractivity contribution >= 4 is 30.5 Å². The molecule has 2 unspecified atom stereocenters. The summed E-state index contributed by atoms with van der Waals surface area (Å²) in [5.41, 5.74) is 2.59. The molecule has 1 fully saturated rings. The number of hydrogen-bond donors (Lipinski definition) is 2. The smallest absolute Gasteiger partial charge is 0.410 e. The van der Waals surface area contributed by atoms with Gasteiger partial charge in [-0.3, -0.25) is 4.79 Å². The van der Waals surface area contributed by atoms with E-state index in [4.69, 9.17) is 9.15 Å². The Morgan fingerprint density at radius 3 is 2.77 bits per heavy atom. The van der Waals surface area contributed by atoms with Crippen molar-refractivity contribution in [3.63, 3.8) is 0 Å². The Bertz CT molecular complexity index is 1020. The molecule has 0 saturated carbocycles. The van der Waals surface area contributed by atoms with Crippen LogP contribution in [-0.4, -0.2) is 48.4 Å². The fourth-order valence-corrected chi connectivity index (χ4v) is 3.62. The highest BCUT2D eigenvalue weighted by Gasteiger charge is 2.32. The standard InChI is InChI=1S/C22H22BN2O5/c26-21(10-11-25-13-19(30-22(25)27)15-6-2-1-3-7-15)24-20(23-28)12-16-14-29-18-9-5-4-8-17(16)18/h1-9,14,19-20,28H,10-13H2,(H,24,26). The molecule has 0 spiro atoms. The van der Waals surface area contributed by atoms with E-state index in [2.05, 4.69) is 5.32 Å². The first-order valence-electron chi connectivity index (χ1n) is 9.86. The van der Waals surface area contributed by atoms with Crippen molar-refractivity contribution in [2.75, 3.05) is 13.1 Å². The van der Waals surface area contributed by atoms with Gasteiger partial charge in [-0.25, -0.2) is 4.79 Å². The monoisotopic (exact) mass is 405 g/mol. The van der Waals surface area contributed by atoms with Crippen LogP contribution in [0.4, 0.5) is 4.79 Å². The van der Waals surface area contributed by atoms with Gasteiger partial charge in [-0.15, -0.1) is 0 Å². The van der Waals surface area contributed by atoms with Gasteiger partial charge in [0.25, 0.3) is 0 Å². The van der Waals surface area contributed by atoms with Gasteiger partial charge in [0.2, 0.25) is 5.91 Å². The molecule has 7 nitrogen and oxygen atoms in total. The molecule has 1 radical (unpaired) electrons. The summed E-state index contributed by atoms with van der Waals surface area (Å²) in [4.78, 5) is 26.0. The highest BCUT2D eigenvalue weighted by Crippen LogP contribution is 2.26. The molecule has 2 N–H and O–H groups in total. The Labute approximate surface area is 174 Å². The normalized spacial score (nSPS) is 17.0. The van der Waals surface area contributed by atoms with Crippen molar-refractivity contribution in [2.24, 2.45) is 0 Å². The number of rotatable bonds is 8. The minimum Gasteiger partial charge on any atom is -0.464 e. The number of amides is 2. The highest BCUT2D eigenvalue weighted by molar-refractivity contribution is 6.28. The van der Waals surface area contributed by atoms with Crippen molar-refractivity contribution in [1.82, 2.24) is 10.2 Å². The average molecular weight is 405 g/mol. The lowest BCUT2D eigenvalue weighted by molar-refractivity contribution is -0.121. The van der Waals surface area contributed by atoms with E-state index in [1.807, 2.05) is 54.6 Å². The van der Waals surface area contributed by atoms with Gasteiger partial charge in [0.05, 0.1) is 12.8 Å². The van der Waals surface area contributed by atoms with Crippen LogP contribution < -0.4 is 5.32 Å². The number of nitrogens with zero attached hydrogens (tertiary/aromatic N) is 1. The van der Waals surface area contributed by atoms with Crippen LogP contribution in [0.2, 0.25) is 0 Å². The van der Waals surface area contributed by atoms with Crippen LogP contribution in [0.1, 0.15) is 23.7 Å². The highest BCUT2D eigenvalue weighted by atomic mass is 16.6. The molecule has 1 aromatic heterocycles. The van der Waals surface area contributed by atoms with E-state index in [-0.39, 0.29) is 25.0 Å². The largest absolute Gasteiger partial charge is 0.464 e. The third-order valence-corrected chi connectivity index (χ3v) is 5.19. The zero-order valence-electron chi connectivity index (χ0n) is 16.4. The molecule has 0 bridgehead atoms. The summed E-state index contributed by atoms with van der Waals surface area (Å²) >= 11 is 0. The number of nitrogens with one attached hydrogen (secondary N) is 1. The van der Waals surface area contributed by atoms with Crippen molar-refractivity contribution in [3.8, 4) is 0 Å². The number of para-hydroxylation sites is 1. The fraction of sp³-hybridized carbons (Fsp3) is 0.273. The van der Waals surface area contributed by atoms with E-state index in [1.54, 1.807) is 6.26 Å². The van der Waals surface area contributed by atoms with E-state index in [9.17, 15) is 14.6 Å². The summed E-state index contributed by atoms with van der Waals surface area (Å²) in [6.07, 6.45) is 1.41. The summed E-state index contributed by atoms with van der Waals surface area (Å²) in [5.74, 6) is -0.810. The van der Waals surface area contributed by atoms with Crippen molar-refractivity contribution in [1.29, 1.82) is 0 Å². The fourth-order valence-electron chi connectivity index (χ4n) is 3.62. The first kappa shape index (κ1) is 20.0. The van der Waals surface area contributed by atoms with Gasteiger partial charge in [0.15, 0.2) is 0 Å². The van der Waals surface area contributed by atoms with Crippen LogP contribution in [0.25, 0.3) is 11.0 Å².